The Labute approximate surface area is 56.0 Å². The van der Waals surface area contributed by atoms with E-state index in [1.165, 1.54) is 6.42 Å². The molecule has 1 unspecified atom stereocenters. The van der Waals surface area contributed by atoms with Crippen LogP contribution in [0.3, 0.4) is 0 Å². The summed E-state index contributed by atoms with van der Waals surface area (Å²) < 4.78 is 0. The molecule has 0 aromatic rings. The topological polar surface area (TPSA) is 24.1 Å². The van der Waals surface area contributed by atoms with E-state index in [1.807, 2.05) is 0 Å². The smallest absolute Gasteiger partial charge is 0.0299 e. The van der Waals surface area contributed by atoms with E-state index < -0.39 is 0 Å². The van der Waals surface area contributed by atoms with E-state index in [0.717, 1.165) is 19.6 Å². The maximum atomic E-state index is 3.33. The van der Waals surface area contributed by atoms with Crippen molar-refractivity contribution in [3.05, 3.63) is 13.0 Å². The van der Waals surface area contributed by atoms with Crippen molar-refractivity contribution in [2.24, 2.45) is 5.41 Å². The van der Waals surface area contributed by atoms with Crippen molar-refractivity contribution >= 4 is 0 Å². The number of rotatable bonds is 0. The molecular weight excluding hydrogens is 112 g/mol. The molecule has 2 fully saturated rings. The second kappa shape index (κ2) is 1.96. The van der Waals surface area contributed by atoms with Crippen molar-refractivity contribution in [1.29, 1.82) is 0 Å². The largest absolute Gasteiger partial charge is 0.316 e. The minimum Gasteiger partial charge on any atom is -0.316 e. The third-order valence-electron chi connectivity index (χ3n) is 2.23. The predicted molar refractivity (Wildman–Crippen MR) is 36.5 cm³/mol. The van der Waals surface area contributed by atoms with Crippen LogP contribution >= 0.6 is 0 Å². The summed E-state index contributed by atoms with van der Waals surface area (Å²) in [5, 5.41) is 6.59. The summed E-state index contributed by atoms with van der Waals surface area (Å²) in [6, 6.07) is 0. The second-order valence-corrected chi connectivity index (χ2v) is 2.92. The van der Waals surface area contributed by atoms with Gasteiger partial charge in [0.05, 0.1) is 0 Å². The van der Waals surface area contributed by atoms with E-state index in [2.05, 4.69) is 23.6 Å². The van der Waals surface area contributed by atoms with Crippen molar-refractivity contribution in [2.45, 2.75) is 6.42 Å². The highest BCUT2D eigenvalue weighted by Gasteiger charge is 2.36. The van der Waals surface area contributed by atoms with Crippen molar-refractivity contribution < 1.29 is 0 Å². The highest BCUT2D eigenvalue weighted by molar-refractivity contribution is 5.11. The Bertz CT molecular complexity index is 82.0. The van der Waals surface area contributed by atoms with Crippen molar-refractivity contribution in [3.63, 3.8) is 0 Å². The van der Waals surface area contributed by atoms with E-state index >= 15 is 0 Å². The quantitative estimate of drug-likeness (QED) is 0.472. The van der Waals surface area contributed by atoms with Crippen LogP contribution in [0.4, 0.5) is 0 Å². The molecule has 2 aliphatic heterocycles. The average Bonchev–Trinajstić information content (AvgIpc) is 2.45. The number of nitrogens with one attached hydrogen (secondary N) is 2. The van der Waals surface area contributed by atoms with Crippen LogP contribution in [0.2, 0.25) is 0 Å². The lowest BCUT2D eigenvalue weighted by molar-refractivity contribution is 0.478. The van der Waals surface area contributed by atoms with E-state index in [4.69, 9.17) is 0 Å². The normalized spacial score (nSPS) is 32.0. The van der Waals surface area contributed by atoms with Gasteiger partial charge in [0.15, 0.2) is 0 Å². The van der Waals surface area contributed by atoms with Crippen LogP contribution in [0.15, 0.2) is 0 Å². The highest BCUT2D eigenvalue weighted by Crippen LogP contribution is 2.33. The van der Waals surface area contributed by atoms with Gasteiger partial charge in [0.1, 0.15) is 0 Å². The lowest BCUT2D eigenvalue weighted by atomic mass is 9.87. The van der Waals surface area contributed by atoms with Gasteiger partial charge in [0.2, 0.25) is 0 Å². The van der Waals surface area contributed by atoms with Gasteiger partial charge in [-0.1, -0.05) is 0 Å². The van der Waals surface area contributed by atoms with Crippen LogP contribution in [-0.2, 0) is 0 Å². The first-order chi connectivity index (χ1) is 4.41. The molecule has 2 rings (SSSR count). The molecule has 0 aromatic carbocycles. The zero-order valence-corrected chi connectivity index (χ0v) is 5.48. The molecule has 0 saturated carbocycles. The Morgan fingerprint density at radius 1 is 1.44 bits per heavy atom. The lowest BCUT2D eigenvalue weighted by Gasteiger charge is -2.17. The molecule has 2 heterocycles. The standard InChI is InChI=1S/C7H12N2/c1-3-8-5-7(1)2-4-9-6-7/h1,6,8-9H,2-5H2. The molecule has 1 atom stereocenters. The molecule has 9 heavy (non-hydrogen) atoms. The summed E-state index contributed by atoms with van der Waals surface area (Å²) in [5.41, 5.74) is 0.417. The zero-order valence-electron chi connectivity index (χ0n) is 5.48. The molecule has 0 aromatic heterocycles. The Kier molecular flexibility index (Phi) is 1.24. The van der Waals surface area contributed by atoms with Gasteiger partial charge in [-0.3, -0.25) is 0 Å². The van der Waals surface area contributed by atoms with Crippen LogP contribution in [-0.4, -0.2) is 19.6 Å². The first kappa shape index (κ1) is 5.69. The Morgan fingerprint density at radius 2 is 2.44 bits per heavy atom. The third kappa shape index (κ3) is 0.864. The second-order valence-electron chi connectivity index (χ2n) is 2.92. The summed E-state index contributed by atoms with van der Waals surface area (Å²) in [5.74, 6) is 0. The minimum atomic E-state index is 0.417. The van der Waals surface area contributed by atoms with Gasteiger partial charge in [-0.2, -0.15) is 0 Å². The highest BCUT2D eigenvalue weighted by atomic mass is 15.0. The van der Waals surface area contributed by atoms with Gasteiger partial charge in [-0.15, -0.1) is 0 Å². The fourth-order valence-corrected chi connectivity index (χ4v) is 1.61. The molecule has 0 bridgehead atoms. The zero-order chi connectivity index (χ0) is 6.16. The summed E-state index contributed by atoms with van der Waals surface area (Å²) in [6.07, 6.45) is 3.65. The van der Waals surface area contributed by atoms with Gasteiger partial charge in [-0.05, 0) is 25.9 Å². The fraction of sp³-hybridized carbons (Fsp3) is 0.714. The summed E-state index contributed by atoms with van der Waals surface area (Å²) >= 11 is 0. The van der Waals surface area contributed by atoms with Crippen LogP contribution in [0.1, 0.15) is 6.42 Å². The SMILES string of the molecule is [CH]1CNCC12[CH]NCC2. The molecule has 2 saturated heterocycles. The number of hydrogen-bond donors (Lipinski definition) is 2. The van der Waals surface area contributed by atoms with Crippen molar-refractivity contribution in [2.75, 3.05) is 19.6 Å². The maximum absolute atomic E-state index is 3.33. The van der Waals surface area contributed by atoms with Crippen molar-refractivity contribution in [3.8, 4) is 0 Å². The Balaban J connectivity index is 2.04. The van der Waals surface area contributed by atoms with Gasteiger partial charge >= 0.3 is 0 Å². The van der Waals surface area contributed by atoms with Crippen LogP contribution < -0.4 is 10.6 Å². The predicted octanol–water partition coefficient (Wildman–Crippen LogP) is -0.0646. The molecular formula is C7H12N2. The Morgan fingerprint density at radius 3 is 3.00 bits per heavy atom. The van der Waals surface area contributed by atoms with E-state index in [9.17, 15) is 0 Å². The van der Waals surface area contributed by atoms with Gasteiger partial charge in [-0.25, -0.2) is 0 Å². The van der Waals surface area contributed by atoms with Crippen LogP contribution in [0.5, 0.6) is 0 Å². The van der Waals surface area contributed by atoms with E-state index in [-0.39, 0.29) is 0 Å². The molecule has 2 radical (unpaired) electrons. The van der Waals surface area contributed by atoms with Gasteiger partial charge in [0.25, 0.3) is 0 Å². The van der Waals surface area contributed by atoms with Crippen LogP contribution in [0, 0.1) is 18.4 Å². The third-order valence-corrected chi connectivity index (χ3v) is 2.23. The fourth-order valence-electron chi connectivity index (χ4n) is 1.61. The summed E-state index contributed by atoms with van der Waals surface area (Å²) in [7, 11) is 0. The summed E-state index contributed by atoms with van der Waals surface area (Å²) in [4.78, 5) is 0. The average molecular weight is 124 g/mol. The Hall–Kier alpha value is -0.0800. The minimum absolute atomic E-state index is 0.417. The molecule has 0 aliphatic carbocycles. The molecule has 2 nitrogen and oxygen atoms in total. The molecule has 2 heteroatoms. The maximum Gasteiger partial charge on any atom is 0.0299 e. The van der Waals surface area contributed by atoms with Gasteiger partial charge in [0, 0.05) is 18.5 Å². The molecule has 1 spiro atoms. The van der Waals surface area contributed by atoms with Crippen molar-refractivity contribution in [1.82, 2.24) is 10.6 Å². The first-order valence-corrected chi connectivity index (χ1v) is 3.54. The molecule has 2 N–H and O–H groups in total. The molecule has 0 amide bonds. The lowest BCUT2D eigenvalue weighted by Crippen LogP contribution is -2.22. The van der Waals surface area contributed by atoms with E-state index in [1.54, 1.807) is 0 Å². The number of hydrogen-bond acceptors (Lipinski definition) is 2. The first-order valence-electron chi connectivity index (χ1n) is 3.54. The van der Waals surface area contributed by atoms with E-state index in [0.29, 0.717) is 5.41 Å². The molecule has 50 valence electrons. The van der Waals surface area contributed by atoms with Crippen LogP contribution in [0.25, 0.3) is 0 Å². The molecule has 2 aliphatic rings. The monoisotopic (exact) mass is 124 g/mol. The summed E-state index contributed by atoms with van der Waals surface area (Å²) in [6.45, 7) is 5.60. The van der Waals surface area contributed by atoms with Gasteiger partial charge < -0.3 is 10.6 Å².